The predicted octanol–water partition coefficient (Wildman–Crippen LogP) is 12.9. The highest BCUT2D eigenvalue weighted by Crippen LogP contribution is 2.53. The first kappa shape index (κ1) is 83.9. The molecule has 4 aromatic heterocycles. The average Bonchev–Trinajstić information content (AvgIpc) is 1.60. The number of benzene rings is 8. The molecule has 8 aromatic carbocycles. The van der Waals surface area contributed by atoms with Gasteiger partial charge in [-0.1, -0.05) is 123 Å². The molecule has 0 radical (unpaired) electrons. The lowest BCUT2D eigenvalue weighted by Gasteiger charge is -2.24. The monoisotopic (exact) mass is 1690 g/mol. The topological polar surface area (TPSA) is 336 Å². The minimum Gasteiger partial charge on any atom is -0.496 e. The van der Waals surface area contributed by atoms with Crippen molar-refractivity contribution in [2.75, 3.05) is 85.9 Å². The number of aromatic nitrogens is 8. The highest BCUT2D eigenvalue weighted by atomic mass is 19.3. The molecule has 26 nitrogen and oxygen atoms in total. The van der Waals surface area contributed by atoms with Gasteiger partial charge in [0, 0.05) is 150 Å². The maximum atomic E-state index is 13.7. The number of fused-ring (bicyclic) bond motifs is 8. The molecule has 4 aliphatic heterocycles. The third kappa shape index (κ3) is 16.1. The molecular weight excluding hydrogens is 1600 g/mol. The van der Waals surface area contributed by atoms with Crippen LogP contribution in [0.4, 0.5) is 8.78 Å². The molecule has 638 valence electrons. The molecule has 12 aromatic rings. The normalized spacial score (nSPS) is 19.9. The van der Waals surface area contributed by atoms with Gasteiger partial charge in [0.25, 0.3) is 30.0 Å². The Labute approximate surface area is 719 Å². The number of rotatable bonds is 20. The Morgan fingerprint density at radius 2 is 0.752 bits per heavy atom. The summed E-state index contributed by atoms with van der Waals surface area (Å²) in [5.74, 6) is 9.86. The summed E-state index contributed by atoms with van der Waals surface area (Å²) in [5, 5.41) is 53.9. The smallest absolute Gasteiger partial charge is 0.267 e. The lowest BCUT2D eigenvalue weighted by atomic mass is 9.80. The van der Waals surface area contributed by atoms with Crippen LogP contribution in [-0.2, 0) is 66.5 Å². The zero-order valence-electron chi connectivity index (χ0n) is 69.4. The number of methoxy groups -OCH3 is 1. The van der Waals surface area contributed by atoms with Gasteiger partial charge in [-0.3, -0.25) is 19.2 Å². The number of β-amino-alcohol motifs (C(OH)–C–C–N with tert-alkyl or cyclic N) is 4. The molecule has 4 N–H and O–H groups in total. The number of halogens is 2. The highest BCUT2D eigenvalue weighted by molar-refractivity contribution is 5.86. The molecule has 20 rings (SSSR count). The van der Waals surface area contributed by atoms with E-state index in [2.05, 4.69) is 70.6 Å². The van der Waals surface area contributed by atoms with E-state index in [-0.39, 0.29) is 95.0 Å². The van der Waals surface area contributed by atoms with Crippen LogP contribution in [0.3, 0.4) is 0 Å². The maximum absolute atomic E-state index is 13.7. The fraction of sp³-hybridized carbons (Fsp3) is 0.340. The lowest BCUT2D eigenvalue weighted by molar-refractivity contribution is -0.128. The number of ether oxygens (including phenoxy) is 2. The molecule has 8 aliphatic rings. The van der Waals surface area contributed by atoms with Crippen molar-refractivity contribution >= 4 is 23.6 Å². The van der Waals surface area contributed by atoms with Gasteiger partial charge in [-0.2, -0.15) is 19.9 Å². The second-order valence-corrected chi connectivity index (χ2v) is 33.4. The van der Waals surface area contributed by atoms with Crippen LogP contribution in [0.1, 0.15) is 133 Å². The largest absolute Gasteiger partial charge is 0.496 e. The Balaban J connectivity index is 0.000000118. The summed E-state index contributed by atoms with van der Waals surface area (Å²) < 4.78 is 60.3. The van der Waals surface area contributed by atoms with Crippen LogP contribution in [0.25, 0.3) is 91.4 Å². The Morgan fingerprint density at radius 3 is 1.12 bits per heavy atom. The van der Waals surface area contributed by atoms with Crippen molar-refractivity contribution in [1.29, 1.82) is 0 Å². The van der Waals surface area contributed by atoms with Crippen LogP contribution in [0.2, 0.25) is 0 Å². The zero-order valence-corrected chi connectivity index (χ0v) is 69.4. The molecular formula is C97H92F2N12O14. The van der Waals surface area contributed by atoms with Gasteiger partial charge in [-0.25, -0.2) is 8.78 Å². The number of hydrogen-bond donors (Lipinski definition) is 4. The van der Waals surface area contributed by atoms with E-state index in [0.29, 0.717) is 130 Å². The molecule has 4 saturated heterocycles. The number of terminal acetylenes is 2. The molecule has 125 heavy (non-hydrogen) atoms. The average molecular weight is 1690 g/mol. The molecule has 4 fully saturated rings. The van der Waals surface area contributed by atoms with Crippen molar-refractivity contribution in [2.45, 2.75) is 125 Å². The first-order chi connectivity index (χ1) is 60.7. The Kier molecular flexibility index (Phi) is 23.5. The van der Waals surface area contributed by atoms with Crippen molar-refractivity contribution in [3.8, 4) is 128 Å². The van der Waals surface area contributed by atoms with E-state index < -0.39 is 6.43 Å². The number of carbonyl (C=O) groups is 4. The molecule has 4 amide bonds. The maximum Gasteiger partial charge on any atom is 0.267 e. The summed E-state index contributed by atoms with van der Waals surface area (Å²) in [5.41, 5.74) is 16.2. The molecule has 4 aliphatic carbocycles. The molecule has 0 bridgehead atoms. The van der Waals surface area contributed by atoms with Crippen LogP contribution < -0.4 is 9.47 Å². The first-order valence-corrected chi connectivity index (χ1v) is 42.0. The van der Waals surface area contributed by atoms with Gasteiger partial charge < -0.3 is 67.6 Å². The number of amides is 4. The van der Waals surface area contributed by atoms with Crippen LogP contribution >= 0.6 is 0 Å². The van der Waals surface area contributed by atoms with Gasteiger partial charge in [0.05, 0.1) is 50.8 Å². The fourth-order valence-electron chi connectivity index (χ4n) is 19.9. The van der Waals surface area contributed by atoms with Gasteiger partial charge in [0.1, 0.15) is 11.5 Å². The van der Waals surface area contributed by atoms with Crippen molar-refractivity contribution in [3.63, 3.8) is 0 Å². The molecule has 4 unspecified atom stereocenters. The summed E-state index contributed by atoms with van der Waals surface area (Å²) in [7, 11) is 1.61. The molecule has 28 heteroatoms. The molecule has 0 saturated carbocycles. The number of likely N-dealkylation sites (tertiary alicyclic amines) is 4. The van der Waals surface area contributed by atoms with Crippen molar-refractivity contribution in [3.05, 3.63) is 225 Å². The number of carbonyl (C=O) groups excluding carboxylic acids is 4. The molecule has 4 spiro atoms. The van der Waals surface area contributed by atoms with E-state index in [1.165, 1.54) is 45.5 Å². The zero-order chi connectivity index (χ0) is 86.9. The van der Waals surface area contributed by atoms with E-state index in [9.17, 15) is 48.4 Å². The second kappa shape index (κ2) is 35.1. The van der Waals surface area contributed by atoms with Crippen LogP contribution in [0.15, 0.2) is 182 Å². The summed E-state index contributed by atoms with van der Waals surface area (Å²) in [6.07, 6.45) is 16.8. The van der Waals surface area contributed by atoms with E-state index in [0.717, 1.165) is 113 Å². The SMILES string of the molecule is C#Cc1ccc(-c2nc(-c3cccc4c3CCC43CC(=O)N(CCO)C3)no2)cc1.C#Cc1cccc(-c2nc(-c3cccc4c3CCC43CC(=O)N(CCO)C3)no2)c1.CC(C)Oc1ccc(-c2nc(-c3cccc4c3CCC43CC(=O)N(CCO)C3)no2)cc1C(F)F.COc1ccccc1-c1nc(-c2cccc3c2CCC32CC(=O)N(CCO)C2)no1. The van der Waals surface area contributed by atoms with Crippen molar-refractivity contribution < 1.29 is 76.0 Å². The summed E-state index contributed by atoms with van der Waals surface area (Å²) in [4.78, 5) is 75.4. The third-order valence-electron chi connectivity index (χ3n) is 25.7. The Bertz CT molecular complexity index is 6190. The van der Waals surface area contributed by atoms with Crippen LogP contribution in [-0.4, -0.2) is 196 Å². The van der Waals surface area contributed by atoms with E-state index in [1.54, 1.807) is 46.6 Å². The molecule has 8 heterocycles. The summed E-state index contributed by atoms with van der Waals surface area (Å²) in [6.45, 7) is 7.52. The number of aliphatic hydroxyl groups excluding tert-OH is 4. The highest BCUT2D eigenvalue weighted by Gasteiger charge is 2.53. The Morgan fingerprint density at radius 1 is 0.408 bits per heavy atom. The van der Waals surface area contributed by atoms with Crippen LogP contribution in [0.5, 0.6) is 11.5 Å². The van der Waals surface area contributed by atoms with Crippen molar-refractivity contribution in [2.24, 2.45) is 0 Å². The van der Waals surface area contributed by atoms with Crippen molar-refractivity contribution in [1.82, 2.24) is 60.2 Å². The van der Waals surface area contributed by atoms with Gasteiger partial charge in [-0.05, 0) is 183 Å². The quantitative estimate of drug-likeness (QED) is 0.0515. The summed E-state index contributed by atoms with van der Waals surface area (Å²) >= 11 is 0. The fourth-order valence-corrected chi connectivity index (χ4v) is 19.9. The standard InChI is InChI=1S/C26H27F2N3O4.2C24H21N3O3.C23H23N3O4/c1-15(2)34-21-7-6-16(12-19(21)23(27)28)25-29-24(30-35-25)18-4-3-5-20-17(18)8-9-26(20)13-22(33)31(14-26)10-11-32;1-2-16-5-3-6-17(13-16)23-25-22(26-30-23)19-7-4-8-20-18(19)9-10-24(20)14-21(29)27(15-24)11-12-28;1-2-16-6-8-17(9-7-16)23-25-22(26-30-23)19-4-3-5-20-18(19)10-11-24(20)14-21(29)27(15-24)12-13-28;1-29-19-8-3-2-5-17(19)22-24-21(25-30-22)16-6-4-7-18-15(16)9-10-23(18)13-20(28)26(14-23)11-12-27/h3-7,12,15,23,32H,8-11,13-14H2,1-2H3;1,3-8,13,28H,9-12,14-15H2;1,3-9,28H,10-15H2;2-8,27H,9-14H2,1H3. The second-order valence-electron chi connectivity index (χ2n) is 33.4. The van der Waals surface area contributed by atoms with Gasteiger partial charge in [0.2, 0.25) is 46.9 Å². The first-order valence-electron chi connectivity index (χ1n) is 42.0. The van der Waals surface area contributed by atoms with E-state index in [1.807, 2.05) is 127 Å². The van der Waals surface area contributed by atoms with Gasteiger partial charge in [0.15, 0.2) is 0 Å². The third-order valence-corrected chi connectivity index (χ3v) is 25.7. The number of aliphatic hydroxyl groups is 4. The Hall–Kier alpha value is -13.4. The number of para-hydroxylation sites is 1. The van der Waals surface area contributed by atoms with Gasteiger partial charge >= 0.3 is 0 Å². The minimum absolute atomic E-state index is 0.0106. The number of hydrogen-bond acceptors (Lipinski definition) is 22. The number of nitrogens with zero attached hydrogens (tertiary/aromatic N) is 12. The molecule has 4 atom stereocenters. The number of alkyl halides is 2. The van der Waals surface area contributed by atoms with Gasteiger partial charge in [-0.15, -0.1) is 12.8 Å². The predicted molar refractivity (Wildman–Crippen MR) is 457 cm³/mol. The minimum atomic E-state index is -2.71. The van der Waals surface area contributed by atoms with E-state index in [4.69, 9.17) is 40.4 Å². The van der Waals surface area contributed by atoms with Crippen LogP contribution in [0, 0.1) is 24.7 Å². The lowest BCUT2D eigenvalue weighted by Crippen LogP contribution is -2.32. The van der Waals surface area contributed by atoms with E-state index >= 15 is 0 Å². The summed E-state index contributed by atoms with van der Waals surface area (Å²) in [6, 6.07) is 51.1.